The zero-order valence-corrected chi connectivity index (χ0v) is 17.5. The Hall–Kier alpha value is -2.11. The van der Waals surface area contributed by atoms with Gasteiger partial charge < -0.3 is 14.3 Å². The second kappa shape index (κ2) is 6.99. The van der Waals surface area contributed by atoms with Crippen LogP contribution in [0.15, 0.2) is 22.2 Å². The van der Waals surface area contributed by atoms with E-state index in [0.717, 1.165) is 17.8 Å². The summed E-state index contributed by atoms with van der Waals surface area (Å²) in [5.41, 5.74) is 2.29. The summed E-state index contributed by atoms with van der Waals surface area (Å²) >= 11 is 0. The van der Waals surface area contributed by atoms with Crippen molar-refractivity contribution in [2.75, 3.05) is 26.2 Å². The van der Waals surface area contributed by atoms with Gasteiger partial charge in [-0.15, -0.1) is 0 Å². The molecule has 2 amide bonds. The second-order valence-electron chi connectivity index (χ2n) is 9.98. The number of carbonyl (C=O) groups is 2. The first kappa shape index (κ1) is 18.9. The SMILES string of the molecule is C/C(=C\C(=O)N1CCN(C(=O)c2cc(C)no2)CC1)C12CC3CC(CC(C3)C1)C2. The number of allylic oxidation sites excluding steroid dienone is 1. The zero-order valence-electron chi connectivity index (χ0n) is 17.5. The van der Waals surface area contributed by atoms with Crippen LogP contribution in [-0.4, -0.2) is 52.9 Å². The van der Waals surface area contributed by atoms with Gasteiger partial charge in [0.1, 0.15) is 0 Å². The van der Waals surface area contributed by atoms with E-state index in [1.54, 1.807) is 17.9 Å². The van der Waals surface area contributed by atoms with E-state index < -0.39 is 0 Å². The molecule has 6 heteroatoms. The summed E-state index contributed by atoms with van der Waals surface area (Å²) in [6.07, 6.45) is 10.0. The molecule has 4 aliphatic carbocycles. The largest absolute Gasteiger partial charge is 0.351 e. The minimum atomic E-state index is -0.141. The highest BCUT2D eigenvalue weighted by atomic mass is 16.5. The van der Waals surface area contributed by atoms with Crippen LogP contribution < -0.4 is 0 Å². The molecule has 0 aromatic carbocycles. The lowest BCUT2D eigenvalue weighted by atomic mass is 9.48. The Kier molecular flexibility index (Phi) is 4.56. The first-order valence-electron chi connectivity index (χ1n) is 11.1. The van der Waals surface area contributed by atoms with E-state index in [1.807, 2.05) is 11.0 Å². The van der Waals surface area contributed by atoms with Gasteiger partial charge in [-0.2, -0.15) is 0 Å². The summed E-state index contributed by atoms with van der Waals surface area (Å²) in [5, 5.41) is 3.79. The number of nitrogens with zero attached hydrogens (tertiary/aromatic N) is 3. The quantitative estimate of drug-likeness (QED) is 0.733. The molecule has 1 aromatic rings. The number of piperazine rings is 1. The van der Waals surface area contributed by atoms with Gasteiger partial charge in [0, 0.05) is 38.3 Å². The Bertz CT molecular complexity index is 812. The fourth-order valence-electron chi connectivity index (χ4n) is 6.77. The van der Waals surface area contributed by atoms with E-state index in [-0.39, 0.29) is 23.0 Å². The lowest BCUT2D eigenvalue weighted by molar-refractivity contribution is -0.127. The van der Waals surface area contributed by atoms with Crippen molar-refractivity contribution in [3.63, 3.8) is 0 Å². The summed E-state index contributed by atoms with van der Waals surface area (Å²) in [6, 6.07) is 1.66. The Morgan fingerprint density at radius 1 is 1.03 bits per heavy atom. The van der Waals surface area contributed by atoms with Gasteiger partial charge in [0.15, 0.2) is 0 Å². The van der Waals surface area contributed by atoms with E-state index in [9.17, 15) is 9.59 Å². The molecule has 29 heavy (non-hydrogen) atoms. The van der Waals surface area contributed by atoms with Crippen LogP contribution in [0, 0.1) is 30.1 Å². The number of amides is 2. The highest BCUT2D eigenvalue weighted by molar-refractivity contribution is 5.92. The molecular weight excluding hydrogens is 366 g/mol. The summed E-state index contributed by atoms with van der Waals surface area (Å²) in [7, 11) is 0. The molecule has 6 rings (SSSR count). The maximum atomic E-state index is 13.0. The molecule has 156 valence electrons. The molecule has 5 fully saturated rings. The van der Waals surface area contributed by atoms with Crippen LogP contribution in [0.25, 0.3) is 0 Å². The molecule has 0 atom stereocenters. The van der Waals surface area contributed by atoms with Crippen LogP contribution in [-0.2, 0) is 4.79 Å². The molecule has 6 nitrogen and oxygen atoms in total. The molecule has 0 radical (unpaired) electrons. The van der Waals surface area contributed by atoms with Crippen LogP contribution in [0.2, 0.25) is 0 Å². The molecule has 1 saturated heterocycles. The zero-order chi connectivity index (χ0) is 20.2. The number of hydrogen-bond acceptors (Lipinski definition) is 4. The molecule has 5 aliphatic rings. The van der Waals surface area contributed by atoms with E-state index in [2.05, 4.69) is 12.1 Å². The van der Waals surface area contributed by atoms with E-state index in [4.69, 9.17) is 4.52 Å². The summed E-state index contributed by atoms with van der Waals surface area (Å²) in [6.45, 7) is 6.21. The van der Waals surface area contributed by atoms with Crippen LogP contribution in [0.3, 0.4) is 0 Å². The smallest absolute Gasteiger partial charge is 0.292 e. The number of aromatic nitrogens is 1. The van der Waals surface area contributed by atoms with Crippen LogP contribution >= 0.6 is 0 Å². The third kappa shape index (κ3) is 3.40. The van der Waals surface area contributed by atoms with Gasteiger partial charge in [-0.3, -0.25) is 9.59 Å². The average Bonchev–Trinajstić information content (AvgIpc) is 3.13. The van der Waals surface area contributed by atoms with E-state index in [1.165, 1.54) is 44.1 Å². The van der Waals surface area contributed by atoms with Gasteiger partial charge in [0.05, 0.1) is 5.69 Å². The number of hydrogen-bond donors (Lipinski definition) is 0. The van der Waals surface area contributed by atoms with Crippen molar-refractivity contribution >= 4 is 11.8 Å². The fourth-order valence-corrected chi connectivity index (χ4v) is 6.77. The lowest BCUT2D eigenvalue weighted by Crippen LogP contribution is -2.50. The summed E-state index contributed by atoms with van der Waals surface area (Å²) < 4.78 is 5.09. The molecule has 1 aromatic heterocycles. The molecule has 0 N–H and O–H groups in total. The second-order valence-corrected chi connectivity index (χ2v) is 9.98. The van der Waals surface area contributed by atoms with E-state index >= 15 is 0 Å². The minimum Gasteiger partial charge on any atom is -0.351 e. The van der Waals surface area contributed by atoms with Crippen LogP contribution in [0.5, 0.6) is 0 Å². The lowest BCUT2D eigenvalue weighted by Gasteiger charge is -2.57. The molecule has 1 aliphatic heterocycles. The van der Waals surface area contributed by atoms with Gasteiger partial charge >= 0.3 is 0 Å². The molecule has 0 unspecified atom stereocenters. The number of aryl methyl sites for hydroxylation is 1. The molecule has 4 bridgehead atoms. The third-order valence-electron chi connectivity index (χ3n) is 7.93. The van der Waals surface area contributed by atoms with E-state index in [0.29, 0.717) is 31.9 Å². The van der Waals surface area contributed by atoms with Crippen molar-refractivity contribution in [3.05, 3.63) is 29.2 Å². The topological polar surface area (TPSA) is 66.7 Å². The monoisotopic (exact) mass is 397 g/mol. The molecular formula is C23H31N3O3. The van der Waals surface area contributed by atoms with Crippen LogP contribution in [0.1, 0.15) is 61.7 Å². The van der Waals surface area contributed by atoms with Gasteiger partial charge in [-0.25, -0.2) is 0 Å². The van der Waals surface area contributed by atoms with Crippen molar-refractivity contribution in [3.8, 4) is 0 Å². The number of rotatable bonds is 3. The molecule has 2 heterocycles. The third-order valence-corrected chi connectivity index (χ3v) is 7.93. The first-order chi connectivity index (χ1) is 13.9. The predicted octanol–water partition coefficient (Wildman–Crippen LogP) is 3.43. The van der Waals surface area contributed by atoms with Crippen molar-refractivity contribution in [2.45, 2.75) is 52.4 Å². The van der Waals surface area contributed by atoms with Crippen molar-refractivity contribution in [1.29, 1.82) is 0 Å². The predicted molar refractivity (Wildman–Crippen MR) is 108 cm³/mol. The summed E-state index contributed by atoms with van der Waals surface area (Å²) in [5.74, 6) is 2.90. The highest BCUT2D eigenvalue weighted by Crippen LogP contribution is 2.62. The summed E-state index contributed by atoms with van der Waals surface area (Å²) in [4.78, 5) is 29.1. The normalized spacial score (nSPS) is 34.0. The van der Waals surface area contributed by atoms with Crippen molar-refractivity contribution in [1.82, 2.24) is 15.0 Å². The Morgan fingerprint density at radius 2 is 1.59 bits per heavy atom. The molecule has 0 spiro atoms. The van der Waals surface area contributed by atoms with Gasteiger partial charge in [-0.05, 0) is 75.5 Å². The fraction of sp³-hybridized carbons (Fsp3) is 0.696. The maximum absolute atomic E-state index is 13.0. The number of carbonyl (C=O) groups excluding carboxylic acids is 2. The maximum Gasteiger partial charge on any atom is 0.292 e. The van der Waals surface area contributed by atoms with Crippen molar-refractivity contribution < 1.29 is 14.1 Å². The van der Waals surface area contributed by atoms with Crippen LogP contribution in [0.4, 0.5) is 0 Å². The highest BCUT2D eigenvalue weighted by Gasteiger charge is 2.51. The van der Waals surface area contributed by atoms with Gasteiger partial charge in [-0.1, -0.05) is 10.7 Å². The minimum absolute atomic E-state index is 0.112. The van der Waals surface area contributed by atoms with Gasteiger partial charge in [0.2, 0.25) is 11.7 Å². The Labute approximate surface area is 172 Å². The average molecular weight is 398 g/mol. The van der Waals surface area contributed by atoms with Crippen molar-refractivity contribution in [2.24, 2.45) is 23.2 Å². The Morgan fingerprint density at radius 3 is 2.10 bits per heavy atom. The standard InChI is InChI=1S/C23H31N3O3/c1-15(23-12-17-9-18(13-23)11-19(10-17)14-23)7-21(27)25-3-5-26(6-4-25)22(28)20-8-16(2)24-29-20/h7-8,17-19H,3-6,9-14H2,1-2H3/b15-7+. The van der Waals surface area contributed by atoms with Gasteiger partial charge in [0.25, 0.3) is 5.91 Å². The molecule has 4 saturated carbocycles. The first-order valence-corrected chi connectivity index (χ1v) is 11.1. The Balaban J connectivity index is 1.21.